The molecule has 2 aromatic rings. The van der Waals surface area contributed by atoms with Gasteiger partial charge >= 0.3 is 0 Å². The molecule has 1 saturated carbocycles. The molecule has 0 aromatic heterocycles. The highest BCUT2D eigenvalue weighted by molar-refractivity contribution is 5.36. The number of nitriles is 2. The van der Waals surface area contributed by atoms with Crippen LogP contribution in [0.5, 0.6) is 5.75 Å². The number of likely N-dealkylation sites (tertiary alicyclic amines) is 1. The number of nitrogens with zero attached hydrogens (tertiary/aromatic N) is 3. The van der Waals surface area contributed by atoms with E-state index >= 15 is 0 Å². The van der Waals surface area contributed by atoms with Gasteiger partial charge in [0.2, 0.25) is 0 Å². The molecule has 2 fully saturated rings. The van der Waals surface area contributed by atoms with E-state index in [9.17, 15) is 5.26 Å². The third-order valence-corrected chi connectivity index (χ3v) is 7.54. The zero-order valence-corrected chi connectivity index (χ0v) is 18.9. The summed E-state index contributed by atoms with van der Waals surface area (Å²) < 4.78 is 5.84. The second kappa shape index (κ2) is 10.7. The number of hydrogen-bond acceptors (Lipinski definition) is 4. The smallest absolute Gasteiger partial charge is 0.119 e. The fourth-order valence-corrected chi connectivity index (χ4v) is 5.86. The van der Waals surface area contributed by atoms with Gasteiger partial charge in [-0.2, -0.15) is 10.5 Å². The topological polar surface area (TPSA) is 60.0 Å². The Morgan fingerprint density at radius 1 is 0.875 bits per heavy atom. The number of benzene rings is 2. The maximum atomic E-state index is 10.5. The molecular formula is C28H33N3O. The van der Waals surface area contributed by atoms with Crippen molar-refractivity contribution in [1.29, 1.82) is 10.5 Å². The van der Waals surface area contributed by atoms with Crippen LogP contribution in [0.25, 0.3) is 0 Å². The first-order valence-electron chi connectivity index (χ1n) is 12.1. The van der Waals surface area contributed by atoms with Crippen LogP contribution in [0.4, 0.5) is 0 Å². The van der Waals surface area contributed by atoms with Crippen LogP contribution in [0, 0.1) is 34.5 Å². The summed E-state index contributed by atoms with van der Waals surface area (Å²) >= 11 is 0. The van der Waals surface area contributed by atoms with Crippen molar-refractivity contribution in [3.8, 4) is 17.9 Å². The monoisotopic (exact) mass is 427 g/mol. The van der Waals surface area contributed by atoms with Gasteiger partial charge in [-0.3, -0.25) is 0 Å². The van der Waals surface area contributed by atoms with Crippen LogP contribution < -0.4 is 4.74 Å². The summed E-state index contributed by atoms with van der Waals surface area (Å²) in [5.41, 5.74) is 1.56. The summed E-state index contributed by atoms with van der Waals surface area (Å²) in [6.45, 7) is 3.83. The molecule has 0 spiro atoms. The van der Waals surface area contributed by atoms with Crippen LogP contribution >= 0.6 is 0 Å². The maximum Gasteiger partial charge on any atom is 0.119 e. The summed E-state index contributed by atoms with van der Waals surface area (Å²) in [5.74, 6) is 1.75. The van der Waals surface area contributed by atoms with Gasteiger partial charge in [0, 0.05) is 6.54 Å². The first kappa shape index (κ1) is 22.4. The first-order valence-corrected chi connectivity index (χ1v) is 12.1. The second-order valence-electron chi connectivity index (χ2n) is 9.28. The minimum absolute atomic E-state index is 0.331. The molecule has 1 heterocycles. The Labute approximate surface area is 192 Å². The Balaban J connectivity index is 1.31. The third kappa shape index (κ3) is 4.82. The average Bonchev–Trinajstić information content (AvgIpc) is 3.40. The van der Waals surface area contributed by atoms with Crippen molar-refractivity contribution in [3.63, 3.8) is 0 Å². The lowest BCUT2D eigenvalue weighted by Crippen LogP contribution is -2.46. The molecular weight excluding hydrogens is 394 g/mol. The van der Waals surface area contributed by atoms with Gasteiger partial charge in [-0.15, -0.1) is 0 Å². The molecule has 4 heteroatoms. The zero-order valence-electron chi connectivity index (χ0n) is 18.9. The SMILES string of the molecule is N#Cc1ccc(OCCCN2CCC(C(C#N)(c3ccccc3)C3CCCC3)CC2)cc1. The number of ether oxygens (including phenoxy) is 1. The Morgan fingerprint density at radius 2 is 1.53 bits per heavy atom. The van der Waals surface area contributed by atoms with Crippen LogP contribution in [0.15, 0.2) is 54.6 Å². The van der Waals surface area contributed by atoms with Crippen LogP contribution in [-0.4, -0.2) is 31.1 Å². The highest BCUT2D eigenvalue weighted by atomic mass is 16.5. The van der Waals surface area contributed by atoms with Gasteiger partial charge in [0.1, 0.15) is 5.75 Å². The second-order valence-corrected chi connectivity index (χ2v) is 9.28. The van der Waals surface area contributed by atoms with E-state index in [4.69, 9.17) is 10.00 Å². The van der Waals surface area contributed by atoms with Gasteiger partial charge in [0.25, 0.3) is 0 Å². The molecule has 1 saturated heterocycles. The van der Waals surface area contributed by atoms with Gasteiger partial charge in [0.15, 0.2) is 0 Å². The van der Waals surface area contributed by atoms with E-state index in [1.165, 1.54) is 31.2 Å². The lowest BCUT2D eigenvalue weighted by molar-refractivity contribution is 0.114. The van der Waals surface area contributed by atoms with E-state index in [0.717, 1.165) is 44.6 Å². The van der Waals surface area contributed by atoms with Crippen molar-refractivity contribution >= 4 is 0 Å². The molecule has 0 amide bonds. The number of rotatable bonds is 8. The van der Waals surface area contributed by atoms with Crippen molar-refractivity contribution in [2.24, 2.45) is 11.8 Å². The Hall–Kier alpha value is -2.82. The summed E-state index contributed by atoms with van der Waals surface area (Å²) in [6.07, 6.45) is 8.07. The molecule has 166 valence electrons. The maximum absolute atomic E-state index is 10.5. The van der Waals surface area contributed by atoms with Crippen molar-refractivity contribution in [2.45, 2.75) is 50.4 Å². The molecule has 2 aromatic carbocycles. The first-order chi connectivity index (χ1) is 15.8. The molecule has 0 radical (unpaired) electrons. The molecule has 1 atom stereocenters. The minimum atomic E-state index is -0.331. The molecule has 0 bridgehead atoms. The highest BCUT2D eigenvalue weighted by Gasteiger charge is 2.48. The molecule has 32 heavy (non-hydrogen) atoms. The molecule has 1 unspecified atom stereocenters. The normalized spacial score (nSPS) is 19.7. The quantitative estimate of drug-likeness (QED) is 0.508. The lowest BCUT2D eigenvalue weighted by Gasteiger charge is -2.44. The third-order valence-electron chi connectivity index (χ3n) is 7.54. The van der Waals surface area contributed by atoms with Crippen LogP contribution in [-0.2, 0) is 5.41 Å². The van der Waals surface area contributed by atoms with Crippen molar-refractivity contribution in [1.82, 2.24) is 4.90 Å². The van der Waals surface area contributed by atoms with Crippen molar-refractivity contribution < 1.29 is 4.74 Å². The highest BCUT2D eigenvalue weighted by Crippen LogP contribution is 2.49. The largest absolute Gasteiger partial charge is 0.494 e. The Kier molecular flexibility index (Phi) is 7.46. The van der Waals surface area contributed by atoms with Crippen molar-refractivity contribution in [2.75, 3.05) is 26.2 Å². The average molecular weight is 428 g/mol. The summed E-state index contributed by atoms with van der Waals surface area (Å²) in [4.78, 5) is 2.53. The van der Waals surface area contributed by atoms with Crippen LogP contribution in [0.2, 0.25) is 0 Å². The van der Waals surface area contributed by atoms with Gasteiger partial charge in [0.05, 0.1) is 29.7 Å². The predicted molar refractivity (Wildman–Crippen MR) is 126 cm³/mol. The number of piperidine rings is 1. The summed E-state index contributed by atoms with van der Waals surface area (Å²) in [5, 5.41) is 19.4. The van der Waals surface area contributed by atoms with E-state index in [0.29, 0.717) is 24.0 Å². The standard InChI is InChI=1S/C28H33N3O/c29-21-23-11-13-27(14-12-23)32-20-6-17-31-18-15-26(16-19-31)28(22-30,25-9-4-5-10-25)24-7-2-1-3-8-24/h1-3,7-8,11-14,25-26H,4-6,9-10,15-20H2. The molecule has 1 aliphatic heterocycles. The lowest BCUT2D eigenvalue weighted by atomic mass is 9.60. The van der Waals surface area contributed by atoms with Crippen LogP contribution in [0.3, 0.4) is 0 Å². The fraction of sp³-hybridized carbons (Fsp3) is 0.500. The Morgan fingerprint density at radius 3 is 2.16 bits per heavy atom. The summed E-state index contributed by atoms with van der Waals surface area (Å²) in [7, 11) is 0. The van der Waals surface area contributed by atoms with E-state index in [1.807, 2.05) is 12.1 Å². The van der Waals surface area contributed by atoms with E-state index < -0.39 is 0 Å². The molecule has 2 aliphatic rings. The van der Waals surface area contributed by atoms with Crippen molar-refractivity contribution in [3.05, 3.63) is 65.7 Å². The number of hydrogen-bond donors (Lipinski definition) is 0. The van der Waals surface area contributed by atoms with E-state index in [2.05, 4.69) is 47.4 Å². The molecule has 4 rings (SSSR count). The van der Waals surface area contributed by atoms with E-state index in [1.54, 1.807) is 12.1 Å². The molecule has 1 aliphatic carbocycles. The van der Waals surface area contributed by atoms with Crippen LogP contribution in [0.1, 0.15) is 56.1 Å². The summed E-state index contributed by atoms with van der Waals surface area (Å²) in [6, 6.07) is 22.9. The Bertz CT molecular complexity index is 929. The molecule has 0 N–H and O–H groups in total. The predicted octanol–water partition coefficient (Wildman–Crippen LogP) is 5.69. The van der Waals surface area contributed by atoms with Gasteiger partial charge < -0.3 is 9.64 Å². The van der Waals surface area contributed by atoms with Gasteiger partial charge in [-0.25, -0.2) is 0 Å². The van der Waals surface area contributed by atoms with E-state index in [-0.39, 0.29) is 5.41 Å². The minimum Gasteiger partial charge on any atom is -0.494 e. The fourth-order valence-electron chi connectivity index (χ4n) is 5.86. The van der Waals surface area contributed by atoms with Gasteiger partial charge in [-0.05, 0) is 86.9 Å². The molecule has 4 nitrogen and oxygen atoms in total. The van der Waals surface area contributed by atoms with Gasteiger partial charge in [-0.1, -0.05) is 43.2 Å². The zero-order chi connectivity index (χ0) is 22.2.